The number of piperidine rings is 1. The molecule has 1 atom stereocenters. The van der Waals surface area contributed by atoms with E-state index in [1.165, 1.54) is 7.11 Å². The first-order valence-corrected chi connectivity index (χ1v) is 8.09. The third-order valence-electron chi connectivity index (χ3n) is 3.94. The molecule has 0 aromatic carbocycles. The van der Waals surface area contributed by atoms with Crippen molar-refractivity contribution in [1.82, 2.24) is 9.47 Å². The highest BCUT2D eigenvalue weighted by atomic mass is 79.9. The van der Waals surface area contributed by atoms with Crippen molar-refractivity contribution < 1.29 is 14.3 Å². The molecule has 0 radical (unpaired) electrons. The normalized spacial score (nSPS) is 18.6. The lowest BCUT2D eigenvalue weighted by Gasteiger charge is -2.35. The van der Waals surface area contributed by atoms with Gasteiger partial charge in [-0.15, -0.1) is 0 Å². The minimum Gasteiger partial charge on any atom is -0.469 e. The first-order chi connectivity index (χ1) is 10.1. The van der Waals surface area contributed by atoms with Crippen molar-refractivity contribution in [3.05, 3.63) is 22.4 Å². The zero-order valence-electron chi connectivity index (χ0n) is 12.5. The van der Waals surface area contributed by atoms with Gasteiger partial charge in [0, 0.05) is 29.8 Å². The highest BCUT2D eigenvalue weighted by Gasteiger charge is 2.30. The third kappa shape index (κ3) is 3.67. The highest BCUT2D eigenvalue weighted by Crippen LogP contribution is 2.24. The maximum atomic E-state index is 12.8. The van der Waals surface area contributed by atoms with Crippen molar-refractivity contribution in [1.29, 1.82) is 0 Å². The lowest BCUT2D eigenvalue weighted by molar-refractivity contribution is -0.142. The van der Waals surface area contributed by atoms with E-state index in [1.54, 1.807) is 0 Å². The summed E-state index contributed by atoms with van der Waals surface area (Å²) in [6.07, 6.45) is 5.07. The van der Waals surface area contributed by atoms with Gasteiger partial charge < -0.3 is 14.2 Å². The molecule has 0 N–H and O–H groups in total. The minimum atomic E-state index is -0.258. The van der Waals surface area contributed by atoms with Crippen LogP contribution in [0, 0.1) is 0 Å². The fourth-order valence-corrected chi connectivity index (χ4v) is 3.28. The molecule has 0 aliphatic carbocycles. The zero-order chi connectivity index (χ0) is 15.4. The molecule has 5 nitrogen and oxygen atoms in total. The molecular formula is C15H21BrN2O3. The molecule has 2 rings (SSSR count). The van der Waals surface area contributed by atoms with Gasteiger partial charge in [-0.25, -0.2) is 0 Å². The summed E-state index contributed by atoms with van der Waals surface area (Å²) in [5.74, 6) is -0.261. The second-order valence-electron chi connectivity index (χ2n) is 5.26. The van der Waals surface area contributed by atoms with Crippen LogP contribution in [0.1, 0.15) is 43.1 Å². The summed E-state index contributed by atoms with van der Waals surface area (Å²) in [7, 11) is 1.39. The topological polar surface area (TPSA) is 51.5 Å². The molecule has 1 fully saturated rings. The van der Waals surface area contributed by atoms with Crippen molar-refractivity contribution in [2.45, 2.75) is 45.2 Å². The first-order valence-electron chi connectivity index (χ1n) is 7.30. The van der Waals surface area contributed by atoms with E-state index >= 15 is 0 Å². The van der Waals surface area contributed by atoms with Gasteiger partial charge >= 0.3 is 5.97 Å². The van der Waals surface area contributed by atoms with Crippen LogP contribution in [0.25, 0.3) is 0 Å². The number of likely N-dealkylation sites (tertiary alicyclic amines) is 1. The molecule has 1 saturated heterocycles. The van der Waals surface area contributed by atoms with Crippen molar-refractivity contribution in [2.24, 2.45) is 0 Å². The average molecular weight is 357 g/mol. The molecule has 116 valence electrons. The number of ether oxygens (including phenoxy) is 1. The van der Waals surface area contributed by atoms with Crippen molar-refractivity contribution >= 4 is 27.8 Å². The number of methoxy groups -OCH3 is 1. The van der Waals surface area contributed by atoms with E-state index < -0.39 is 0 Å². The molecule has 2 heterocycles. The Balaban J connectivity index is 2.19. The van der Waals surface area contributed by atoms with Crippen LogP contribution in [0.5, 0.6) is 0 Å². The summed E-state index contributed by atoms with van der Waals surface area (Å²) < 4.78 is 7.57. The van der Waals surface area contributed by atoms with Crippen LogP contribution in [0.2, 0.25) is 0 Å². The maximum absolute atomic E-state index is 12.8. The average Bonchev–Trinajstić information content (AvgIpc) is 2.88. The van der Waals surface area contributed by atoms with Crippen molar-refractivity contribution in [3.63, 3.8) is 0 Å². The van der Waals surface area contributed by atoms with E-state index in [4.69, 9.17) is 4.74 Å². The van der Waals surface area contributed by atoms with E-state index in [2.05, 4.69) is 15.9 Å². The van der Waals surface area contributed by atoms with E-state index in [0.717, 1.165) is 30.3 Å². The Morgan fingerprint density at radius 1 is 1.43 bits per heavy atom. The van der Waals surface area contributed by atoms with Gasteiger partial charge in [0.1, 0.15) is 5.69 Å². The van der Waals surface area contributed by atoms with Crippen LogP contribution in [-0.4, -0.2) is 41.0 Å². The van der Waals surface area contributed by atoms with Gasteiger partial charge in [-0.2, -0.15) is 0 Å². The predicted molar refractivity (Wildman–Crippen MR) is 83.1 cm³/mol. The predicted octanol–water partition coefficient (Wildman–Crippen LogP) is 2.83. The number of aromatic nitrogens is 1. The summed E-state index contributed by atoms with van der Waals surface area (Å²) in [5.41, 5.74) is 0.668. The Labute approximate surface area is 133 Å². The molecule has 1 aromatic rings. The van der Waals surface area contributed by atoms with Crippen LogP contribution in [-0.2, 0) is 16.1 Å². The van der Waals surface area contributed by atoms with Crippen LogP contribution >= 0.6 is 15.9 Å². The summed E-state index contributed by atoms with van der Waals surface area (Å²) in [4.78, 5) is 26.2. The van der Waals surface area contributed by atoms with Gasteiger partial charge in [0.05, 0.1) is 13.5 Å². The molecule has 0 saturated carbocycles. The molecule has 1 amide bonds. The van der Waals surface area contributed by atoms with Crippen molar-refractivity contribution in [3.8, 4) is 0 Å². The van der Waals surface area contributed by atoms with E-state index in [9.17, 15) is 9.59 Å². The fourth-order valence-electron chi connectivity index (χ4n) is 2.82. The van der Waals surface area contributed by atoms with Crippen LogP contribution in [0.4, 0.5) is 0 Å². The first kappa shape index (κ1) is 16.1. The molecule has 21 heavy (non-hydrogen) atoms. The zero-order valence-corrected chi connectivity index (χ0v) is 14.1. The van der Waals surface area contributed by atoms with Crippen LogP contribution < -0.4 is 0 Å². The lowest BCUT2D eigenvalue weighted by atomic mass is 9.99. The molecular weight excluding hydrogens is 336 g/mol. The number of hydrogen-bond acceptors (Lipinski definition) is 3. The number of nitrogens with zero attached hydrogens (tertiary/aromatic N) is 2. The van der Waals surface area contributed by atoms with Gasteiger partial charge in [-0.1, -0.05) is 0 Å². The second kappa shape index (κ2) is 7.11. The van der Waals surface area contributed by atoms with Gasteiger partial charge in [0.2, 0.25) is 0 Å². The summed E-state index contributed by atoms with van der Waals surface area (Å²) in [6, 6.07) is 1.79. The Bertz CT molecular complexity index is 527. The summed E-state index contributed by atoms with van der Waals surface area (Å²) in [5, 5.41) is 0. The Morgan fingerprint density at radius 3 is 2.86 bits per heavy atom. The smallest absolute Gasteiger partial charge is 0.307 e. The minimum absolute atomic E-state index is 0.00356. The molecule has 1 aliphatic heterocycles. The molecule has 0 bridgehead atoms. The summed E-state index contributed by atoms with van der Waals surface area (Å²) >= 11 is 3.42. The SMILES string of the molecule is CCn1cc(Br)cc1C(=O)N1CCCCC1CC(=O)OC. The number of amides is 1. The lowest BCUT2D eigenvalue weighted by Crippen LogP contribution is -2.45. The monoisotopic (exact) mass is 356 g/mol. The second-order valence-corrected chi connectivity index (χ2v) is 6.17. The molecule has 1 aromatic heterocycles. The van der Waals surface area contributed by atoms with E-state index in [1.807, 2.05) is 28.7 Å². The molecule has 1 aliphatic rings. The van der Waals surface area contributed by atoms with E-state index in [0.29, 0.717) is 12.2 Å². The Kier molecular flexibility index (Phi) is 5.45. The number of carbonyl (C=O) groups excluding carboxylic acids is 2. The fraction of sp³-hybridized carbons (Fsp3) is 0.600. The Hall–Kier alpha value is -1.30. The van der Waals surface area contributed by atoms with E-state index in [-0.39, 0.29) is 24.3 Å². The molecule has 6 heteroatoms. The quantitative estimate of drug-likeness (QED) is 0.779. The number of carbonyl (C=O) groups is 2. The highest BCUT2D eigenvalue weighted by molar-refractivity contribution is 9.10. The number of rotatable bonds is 4. The number of halogens is 1. The Morgan fingerprint density at radius 2 is 2.19 bits per heavy atom. The molecule has 0 spiro atoms. The maximum Gasteiger partial charge on any atom is 0.307 e. The standard InChI is InChI=1S/C15H21BrN2O3/c1-3-17-10-11(16)8-13(17)15(20)18-7-5-4-6-12(18)9-14(19)21-2/h8,10,12H,3-7,9H2,1-2H3. The van der Waals surface area contributed by atoms with Crippen molar-refractivity contribution in [2.75, 3.05) is 13.7 Å². The summed E-state index contributed by atoms with van der Waals surface area (Å²) in [6.45, 7) is 3.44. The largest absolute Gasteiger partial charge is 0.469 e. The van der Waals surface area contributed by atoms with Crippen LogP contribution in [0.15, 0.2) is 16.7 Å². The van der Waals surface area contributed by atoms with Crippen LogP contribution in [0.3, 0.4) is 0 Å². The van der Waals surface area contributed by atoms with Gasteiger partial charge in [0.15, 0.2) is 0 Å². The number of hydrogen-bond donors (Lipinski definition) is 0. The third-order valence-corrected chi connectivity index (χ3v) is 4.37. The van der Waals surface area contributed by atoms with Gasteiger partial charge in [0.25, 0.3) is 5.91 Å². The number of aryl methyl sites for hydroxylation is 1. The van der Waals surface area contributed by atoms with Gasteiger partial charge in [-0.3, -0.25) is 9.59 Å². The van der Waals surface area contributed by atoms with Gasteiger partial charge in [-0.05, 0) is 48.2 Å². The molecule has 1 unspecified atom stereocenters. The number of esters is 1.